The Morgan fingerprint density at radius 2 is 2.33 bits per heavy atom. The van der Waals surface area contributed by atoms with Gasteiger partial charge in [-0.05, 0) is 12.1 Å². The van der Waals surface area contributed by atoms with Gasteiger partial charge in [0.1, 0.15) is 11.8 Å². The fourth-order valence-electron chi connectivity index (χ4n) is 1.22. The van der Waals surface area contributed by atoms with Crippen molar-refractivity contribution in [3.63, 3.8) is 0 Å². The lowest BCUT2D eigenvalue weighted by Gasteiger charge is -2.08. The van der Waals surface area contributed by atoms with Crippen LogP contribution in [-0.2, 0) is 4.74 Å². The molecule has 0 atom stereocenters. The van der Waals surface area contributed by atoms with E-state index < -0.39 is 0 Å². The number of nitrogens with zero attached hydrogens (tertiary/aromatic N) is 1. The number of benzene rings is 1. The highest BCUT2D eigenvalue weighted by Crippen LogP contribution is 2.16. The molecule has 1 aromatic rings. The van der Waals surface area contributed by atoms with E-state index in [0.29, 0.717) is 24.6 Å². The Bertz CT molecular complexity index is 429. The van der Waals surface area contributed by atoms with Crippen molar-refractivity contribution in [1.82, 2.24) is 5.32 Å². The fraction of sp³-hybridized carbons (Fsp3) is 0.333. The van der Waals surface area contributed by atoms with Gasteiger partial charge in [0.25, 0.3) is 0 Å². The molecule has 0 saturated heterocycles. The van der Waals surface area contributed by atoms with Gasteiger partial charge in [0, 0.05) is 25.4 Å². The summed E-state index contributed by atoms with van der Waals surface area (Å²) in [6.45, 7) is 0.870. The first kappa shape index (κ1) is 13.8. The van der Waals surface area contributed by atoms with Crippen molar-refractivity contribution in [2.75, 3.05) is 32.2 Å². The Morgan fingerprint density at radius 1 is 1.50 bits per heavy atom. The molecule has 0 unspecified atom stereocenters. The zero-order valence-corrected chi connectivity index (χ0v) is 10.1. The number of anilines is 1. The molecule has 6 heteroatoms. The van der Waals surface area contributed by atoms with E-state index in [4.69, 9.17) is 14.7 Å². The number of carbonyl (C=O) groups excluding carboxylic acids is 1. The predicted molar refractivity (Wildman–Crippen MR) is 66.4 cm³/mol. The van der Waals surface area contributed by atoms with Crippen LogP contribution in [-0.4, -0.2) is 32.9 Å². The fourth-order valence-corrected chi connectivity index (χ4v) is 1.22. The second-order valence-corrected chi connectivity index (χ2v) is 3.35. The van der Waals surface area contributed by atoms with E-state index in [1.807, 2.05) is 6.07 Å². The van der Waals surface area contributed by atoms with E-state index in [1.165, 1.54) is 0 Å². The number of hydrogen-bond acceptors (Lipinski definition) is 4. The standard InChI is InChI=1S/C12H15N3O3/c1-17-8-6-14-12(16)15-10-3-2-4-11(9-10)18-7-5-13/h2-4,9H,6-8H2,1H3,(H2,14,15,16). The topological polar surface area (TPSA) is 83.4 Å². The van der Waals surface area contributed by atoms with Crippen LogP contribution in [0.25, 0.3) is 0 Å². The number of amides is 2. The maximum absolute atomic E-state index is 11.4. The average molecular weight is 249 g/mol. The summed E-state index contributed by atoms with van der Waals surface area (Å²) in [7, 11) is 1.57. The Kier molecular flexibility index (Phi) is 6.08. The Morgan fingerprint density at radius 3 is 3.06 bits per heavy atom. The molecule has 0 aliphatic carbocycles. The van der Waals surface area contributed by atoms with E-state index >= 15 is 0 Å². The molecular weight excluding hydrogens is 234 g/mol. The SMILES string of the molecule is COCCNC(=O)Nc1cccc(OCC#N)c1. The maximum atomic E-state index is 11.4. The number of nitrogens with one attached hydrogen (secondary N) is 2. The van der Waals surface area contributed by atoms with Crippen LogP contribution in [0.1, 0.15) is 0 Å². The van der Waals surface area contributed by atoms with Crippen molar-refractivity contribution in [3.05, 3.63) is 24.3 Å². The zero-order valence-electron chi connectivity index (χ0n) is 10.1. The van der Waals surface area contributed by atoms with E-state index in [-0.39, 0.29) is 12.6 Å². The average Bonchev–Trinajstić information content (AvgIpc) is 2.37. The van der Waals surface area contributed by atoms with Gasteiger partial charge < -0.3 is 20.1 Å². The quantitative estimate of drug-likeness (QED) is 0.745. The highest BCUT2D eigenvalue weighted by molar-refractivity contribution is 5.89. The molecule has 1 aromatic carbocycles. The molecule has 0 bridgehead atoms. The maximum Gasteiger partial charge on any atom is 0.319 e. The summed E-state index contributed by atoms with van der Waals surface area (Å²) < 4.78 is 9.94. The molecule has 18 heavy (non-hydrogen) atoms. The van der Waals surface area contributed by atoms with Gasteiger partial charge >= 0.3 is 6.03 Å². The van der Waals surface area contributed by atoms with Crippen LogP contribution in [0, 0.1) is 11.3 Å². The van der Waals surface area contributed by atoms with Crippen molar-refractivity contribution < 1.29 is 14.3 Å². The molecular formula is C12H15N3O3. The van der Waals surface area contributed by atoms with Crippen molar-refractivity contribution in [3.8, 4) is 11.8 Å². The molecule has 0 aliphatic heterocycles. The third kappa shape index (κ3) is 5.18. The summed E-state index contributed by atoms with van der Waals surface area (Å²) in [6.07, 6.45) is 0. The van der Waals surface area contributed by atoms with E-state index in [1.54, 1.807) is 31.4 Å². The zero-order chi connectivity index (χ0) is 13.2. The van der Waals surface area contributed by atoms with Crippen LogP contribution in [0.4, 0.5) is 10.5 Å². The summed E-state index contributed by atoms with van der Waals surface area (Å²) in [5, 5.41) is 13.7. The van der Waals surface area contributed by atoms with Crippen molar-refractivity contribution in [2.24, 2.45) is 0 Å². The molecule has 0 saturated carbocycles. The molecule has 2 amide bonds. The van der Waals surface area contributed by atoms with Crippen LogP contribution in [0.5, 0.6) is 5.75 Å². The molecule has 0 fully saturated rings. The van der Waals surface area contributed by atoms with Gasteiger partial charge in [0.2, 0.25) is 0 Å². The highest BCUT2D eigenvalue weighted by Gasteiger charge is 2.02. The van der Waals surface area contributed by atoms with Gasteiger partial charge in [0.05, 0.1) is 6.61 Å². The van der Waals surface area contributed by atoms with E-state index in [9.17, 15) is 4.79 Å². The molecule has 0 aromatic heterocycles. The molecule has 96 valence electrons. The smallest absolute Gasteiger partial charge is 0.319 e. The number of ether oxygens (including phenoxy) is 2. The summed E-state index contributed by atoms with van der Waals surface area (Å²) in [6, 6.07) is 8.38. The Balaban J connectivity index is 2.46. The molecule has 1 rings (SSSR count). The van der Waals surface area contributed by atoms with Crippen LogP contribution >= 0.6 is 0 Å². The van der Waals surface area contributed by atoms with Gasteiger partial charge in [-0.3, -0.25) is 0 Å². The third-order valence-corrected chi connectivity index (χ3v) is 1.99. The second kappa shape index (κ2) is 7.92. The minimum Gasteiger partial charge on any atom is -0.479 e. The van der Waals surface area contributed by atoms with Gasteiger partial charge in [-0.1, -0.05) is 6.07 Å². The van der Waals surface area contributed by atoms with Gasteiger partial charge in [-0.2, -0.15) is 5.26 Å². The molecule has 0 aliphatic rings. The molecule has 2 N–H and O–H groups in total. The van der Waals surface area contributed by atoms with Crippen molar-refractivity contribution in [1.29, 1.82) is 5.26 Å². The molecule has 0 radical (unpaired) electrons. The van der Waals surface area contributed by atoms with Crippen LogP contribution in [0.15, 0.2) is 24.3 Å². The molecule has 0 heterocycles. The third-order valence-electron chi connectivity index (χ3n) is 1.99. The first-order valence-corrected chi connectivity index (χ1v) is 5.40. The Hall–Kier alpha value is -2.26. The monoisotopic (exact) mass is 249 g/mol. The second-order valence-electron chi connectivity index (χ2n) is 3.35. The Labute approximate surface area is 106 Å². The van der Waals surface area contributed by atoms with Crippen LogP contribution in [0.3, 0.4) is 0 Å². The van der Waals surface area contributed by atoms with Gasteiger partial charge in [-0.25, -0.2) is 4.79 Å². The minimum atomic E-state index is -0.315. The number of carbonyl (C=O) groups is 1. The number of urea groups is 1. The first-order valence-electron chi connectivity index (χ1n) is 5.40. The summed E-state index contributed by atoms with van der Waals surface area (Å²) in [4.78, 5) is 11.4. The lowest BCUT2D eigenvalue weighted by Crippen LogP contribution is -2.31. The summed E-state index contributed by atoms with van der Waals surface area (Å²) in [5.74, 6) is 0.534. The number of methoxy groups -OCH3 is 1. The first-order chi connectivity index (χ1) is 8.76. The summed E-state index contributed by atoms with van der Waals surface area (Å²) in [5.41, 5.74) is 0.598. The molecule has 0 spiro atoms. The lowest BCUT2D eigenvalue weighted by atomic mass is 10.3. The minimum absolute atomic E-state index is 0.0243. The highest BCUT2D eigenvalue weighted by atomic mass is 16.5. The van der Waals surface area contributed by atoms with Gasteiger partial charge in [0.15, 0.2) is 6.61 Å². The summed E-state index contributed by atoms with van der Waals surface area (Å²) >= 11 is 0. The number of nitriles is 1. The van der Waals surface area contributed by atoms with Crippen molar-refractivity contribution >= 4 is 11.7 Å². The van der Waals surface area contributed by atoms with Crippen molar-refractivity contribution in [2.45, 2.75) is 0 Å². The number of rotatable bonds is 6. The largest absolute Gasteiger partial charge is 0.479 e. The van der Waals surface area contributed by atoms with E-state index in [0.717, 1.165) is 0 Å². The van der Waals surface area contributed by atoms with Gasteiger partial charge in [-0.15, -0.1) is 0 Å². The normalized spacial score (nSPS) is 9.33. The van der Waals surface area contributed by atoms with Crippen LogP contribution < -0.4 is 15.4 Å². The van der Waals surface area contributed by atoms with E-state index in [2.05, 4.69) is 10.6 Å². The lowest BCUT2D eigenvalue weighted by molar-refractivity contribution is 0.198. The predicted octanol–water partition coefficient (Wildman–Crippen LogP) is 1.36. The molecule has 6 nitrogen and oxygen atoms in total. The van der Waals surface area contributed by atoms with Crippen LogP contribution in [0.2, 0.25) is 0 Å². The number of hydrogen-bond donors (Lipinski definition) is 2.